The number of hydrogen-bond donors (Lipinski definition) is 0. The Morgan fingerprint density at radius 1 is 1.10 bits per heavy atom. The molecule has 1 atom stereocenters. The number of carbonyl (C=O) groups is 2. The van der Waals surface area contributed by atoms with Gasteiger partial charge in [0, 0.05) is 28.0 Å². The molecule has 1 aliphatic heterocycles. The molecular formula is C25H25BrN2O2S. The van der Waals surface area contributed by atoms with Gasteiger partial charge >= 0.3 is 0 Å². The first-order chi connectivity index (χ1) is 15.0. The van der Waals surface area contributed by atoms with E-state index in [4.69, 9.17) is 0 Å². The summed E-state index contributed by atoms with van der Waals surface area (Å²) in [5, 5.41) is 2.11. The molecule has 0 radical (unpaired) electrons. The smallest absolute Gasteiger partial charge is 0.254 e. The topological polar surface area (TPSA) is 40.6 Å². The molecule has 3 aromatic rings. The third-order valence-corrected chi connectivity index (χ3v) is 7.38. The van der Waals surface area contributed by atoms with Crippen LogP contribution in [0.3, 0.4) is 0 Å². The van der Waals surface area contributed by atoms with Crippen molar-refractivity contribution in [2.75, 3.05) is 19.6 Å². The van der Waals surface area contributed by atoms with Crippen molar-refractivity contribution >= 4 is 39.1 Å². The fourth-order valence-corrected chi connectivity index (χ4v) is 5.34. The molecule has 31 heavy (non-hydrogen) atoms. The number of rotatable bonds is 5. The van der Waals surface area contributed by atoms with E-state index in [1.807, 2.05) is 36.1 Å². The van der Waals surface area contributed by atoms with Crippen molar-refractivity contribution in [1.82, 2.24) is 9.80 Å². The monoisotopic (exact) mass is 496 g/mol. The Morgan fingerprint density at radius 2 is 1.84 bits per heavy atom. The second-order valence-electron chi connectivity index (χ2n) is 7.72. The summed E-state index contributed by atoms with van der Waals surface area (Å²) < 4.78 is 0.920. The maximum absolute atomic E-state index is 13.5. The molecule has 0 bridgehead atoms. The molecule has 0 aliphatic carbocycles. The Balaban J connectivity index is 1.61. The van der Waals surface area contributed by atoms with Crippen LogP contribution in [0.1, 0.15) is 44.9 Å². The highest BCUT2D eigenvalue weighted by atomic mass is 79.9. The standard InChI is InChI=1S/C25H25BrN2O2S/c1-3-27(25(30)18-8-10-19(26)11-9-18)16-23(29)28-14-12-22-21(13-15-31-22)24(28)20-7-5-4-6-17(20)2/h4-11,13,15,24H,3,12,14,16H2,1-2H3. The number of fused-ring (bicyclic) bond motifs is 1. The minimum atomic E-state index is -0.121. The number of aryl methyl sites for hydroxylation is 1. The number of likely N-dealkylation sites (N-methyl/N-ethyl adjacent to an activating group) is 1. The molecule has 160 valence electrons. The van der Waals surface area contributed by atoms with Crippen LogP contribution in [0.15, 0.2) is 64.5 Å². The van der Waals surface area contributed by atoms with Gasteiger partial charge in [-0.25, -0.2) is 0 Å². The third kappa shape index (κ3) is 4.46. The SMILES string of the molecule is CCN(CC(=O)N1CCc2sccc2C1c1ccccc1C)C(=O)c1ccc(Br)cc1. The van der Waals surface area contributed by atoms with Crippen molar-refractivity contribution in [3.8, 4) is 0 Å². The van der Waals surface area contributed by atoms with Crippen LogP contribution in [0, 0.1) is 6.92 Å². The second kappa shape index (κ2) is 9.37. The summed E-state index contributed by atoms with van der Waals surface area (Å²) in [5.41, 5.74) is 4.12. The summed E-state index contributed by atoms with van der Waals surface area (Å²) in [6, 6.07) is 17.6. The van der Waals surface area contributed by atoms with E-state index in [1.165, 1.54) is 16.0 Å². The quantitative estimate of drug-likeness (QED) is 0.470. The molecule has 1 aliphatic rings. The van der Waals surface area contributed by atoms with Crippen LogP contribution < -0.4 is 0 Å². The minimum Gasteiger partial charge on any atom is -0.330 e. The highest BCUT2D eigenvalue weighted by molar-refractivity contribution is 9.10. The predicted molar refractivity (Wildman–Crippen MR) is 128 cm³/mol. The van der Waals surface area contributed by atoms with Gasteiger partial charge < -0.3 is 9.80 Å². The Hall–Kier alpha value is -2.44. The predicted octanol–water partition coefficient (Wildman–Crippen LogP) is 5.46. The highest BCUT2D eigenvalue weighted by Crippen LogP contribution is 2.39. The summed E-state index contributed by atoms with van der Waals surface area (Å²) in [4.78, 5) is 31.4. The highest BCUT2D eigenvalue weighted by Gasteiger charge is 2.34. The van der Waals surface area contributed by atoms with E-state index in [1.54, 1.807) is 28.4 Å². The molecular weight excluding hydrogens is 472 g/mol. The summed E-state index contributed by atoms with van der Waals surface area (Å²) in [7, 11) is 0. The summed E-state index contributed by atoms with van der Waals surface area (Å²) in [6.45, 7) is 5.22. The van der Waals surface area contributed by atoms with Gasteiger partial charge in [0.25, 0.3) is 5.91 Å². The van der Waals surface area contributed by atoms with Crippen molar-refractivity contribution in [3.63, 3.8) is 0 Å². The lowest BCUT2D eigenvalue weighted by Crippen LogP contribution is -2.46. The number of nitrogens with zero attached hydrogens (tertiary/aromatic N) is 2. The normalized spacial score (nSPS) is 15.5. The molecule has 2 amide bonds. The van der Waals surface area contributed by atoms with Gasteiger partial charge in [-0.2, -0.15) is 0 Å². The van der Waals surface area contributed by atoms with Gasteiger partial charge in [-0.05, 0) is 72.7 Å². The number of carbonyl (C=O) groups excluding carboxylic acids is 2. The molecule has 2 heterocycles. The van der Waals surface area contributed by atoms with Gasteiger partial charge in [-0.1, -0.05) is 40.2 Å². The van der Waals surface area contributed by atoms with Gasteiger partial charge in [0.05, 0.1) is 6.04 Å². The average molecular weight is 497 g/mol. The first-order valence-corrected chi connectivity index (χ1v) is 12.1. The number of halogens is 1. The van der Waals surface area contributed by atoms with Crippen LogP contribution in [0.4, 0.5) is 0 Å². The van der Waals surface area contributed by atoms with Gasteiger partial charge in [0.1, 0.15) is 6.54 Å². The van der Waals surface area contributed by atoms with Crippen LogP contribution in [-0.2, 0) is 11.2 Å². The zero-order valence-electron chi connectivity index (χ0n) is 17.7. The zero-order chi connectivity index (χ0) is 22.0. The van der Waals surface area contributed by atoms with Crippen molar-refractivity contribution in [3.05, 3.63) is 91.6 Å². The fourth-order valence-electron chi connectivity index (χ4n) is 4.17. The van der Waals surface area contributed by atoms with Gasteiger partial charge in [-0.15, -0.1) is 11.3 Å². The van der Waals surface area contributed by atoms with Crippen LogP contribution in [0.2, 0.25) is 0 Å². The molecule has 4 rings (SSSR count). The molecule has 1 unspecified atom stereocenters. The van der Waals surface area contributed by atoms with E-state index in [0.717, 1.165) is 16.5 Å². The van der Waals surface area contributed by atoms with E-state index in [9.17, 15) is 9.59 Å². The molecule has 0 saturated carbocycles. The Bertz CT molecular complexity index is 1090. The summed E-state index contributed by atoms with van der Waals surface area (Å²) >= 11 is 5.16. The van der Waals surface area contributed by atoms with Crippen LogP contribution in [-0.4, -0.2) is 41.2 Å². The van der Waals surface area contributed by atoms with Crippen LogP contribution in [0.25, 0.3) is 0 Å². The summed E-state index contributed by atoms with van der Waals surface area (Å²) in [6.07, 6.45) is 0.855. The van der Waals surface area contributed by atoms with E-state index >= 15 is 0 Å². The molecule has 4 nitrogen and oxygen atoms in total. The molecule has 0 saturated heterocycles. The number of hydrogen-bond acceptors (Lipinski definition) is 3. The molecule has 2 aromatic carbocycles. The van der Waals surface area contributed by atoms with E-state index in [0.29, 0.717) is 18.7 Å². The van der Waals surface area contributed by atoms with E-state index < -0.39 is 0 Å². The second-order valence-corrected chi connectivity index (χ2v) is 9.64. The molecule has 1 aromatic heterocycles. The largest absolute Gasteiger partial charge is 0.330 e. The number of thiophene rings is 1. The lowest BCUT2D eigenvalue weighted by Gasteiger charge is -2.38. The first-order valence-electron chi connectivity index (χ1n) is 10.5. The average Bonchev–Trinajstić information content (AvgIpc) is 3.26. The van der Waals surface area contributed by atoms with Gasteiger partial charge in [-0.3, -0.25) is 9.59 Å². The molecule has 0 fully saturated rings. The lowest BCUT2D eigenvalue weighted by atomic mass is 9.90. The Morgan fingerprint density at radius 3 is 2.55 bits per heavy atom. The van der Waals surface area contributed by atoms with Crippen molar-refractivity contribution < 1.29 is 9.59 Å². The van der Waals surface area contributed by atoms with Crippen LogP contribution >= 0.6 is 27.3 Å². The maximum atomic E-state index is 13.5. The summed E-state index contributed by atoms with van der Waals surface area (Å²) in [5.74, 6) is -0.138. The molecule has 0 N–H and O–H groups in total. The van der Waals surface area contributed by atoms with Crippen molar-refractivity contribution in [2.24, 2.45) is 0 Å². The molecule has 0 spiro atoms. The van der Waals surface area contributed by atoms with E-state index in [2.05, 4.69) is 46.4 Å². The number of amides is 2. The first kappa shape index (κ1) is 21.8. The third-order valence-electron chi connectivity index (χ3n) is 5.86. The fraction of sp³-hybridized carbons (Fsp3) is 0.280. The Labute approximate surface area is 195 Å². The van der Waals surface area contributed by atoms with Crippen LogP contribution in [0.5, 0.6) is 0 Å². The van der Waals surface area contributed by atoms with Crippen molar-refractivity contribution in [2.45, 2.75) is 26.3 Å². The van der Waals surface area contributed by atoms with Gasteiger partial charge in [0.2, 0.25) is 5.91 Å². The Kier molecular flexibility index (Phi) is 6.58. The van der Waals surface area contributed by atoms with E-state index in [-0.39, 0.29) is 24.4 Å². The number of benzene rings is 2. The molecule has 6 heteroatoms. The zero-order valence-corrected chi connectivity index (χ0v) is 20.1. The maximum Gasteiger partial charge on any atom is 0.254 e. The minimum absolute atomic E-state index is 0.0163. The lowest BCUT2D eigenvalue weighted by molar-refractivity contribution is -0.134. The van der Waals surface area contributed by atoms with Crippen molar-refractivity contribution in [1.29, 1.82) is 0 Å². The van der Waals surface area contributed by atoms with Gasteiger partial charge in [0.15, 0.2) is 0 Å².